The molecule has 0 atom stereocenters. The average molecular weight is 484 g/mol. The molecule has 4 aromatic rings. The van der Waals surface area contributed by atoms with E-state index in [4.69, 9.17) is 9.15 Å². The van der Waals surface area contributed by atoms with Gasteiger partial charge in [0.05, 0.1) is 0 Å². The van der Waals surface area contributed by atoms with E-state index in [1.165, 1.54) is 0 Å². The number of hydrogen-bond acceptors (Lipinski definition) is 5. The van der Waals surface area contributed by atoms with Gasteiger partial charge in [0.1, 0.15) is 29.1 Å². The summed E-state index contributed by atoms with van der Waals surface area (Å²) in [4.78, 5) is 2.17. The van der Waals surface area contributed by atoms with Crippen molar-refractivity contribution in [1.29, 1.82) is 10.5 Å². The second-order valence-electron chi connectivity index (χ2n) is 9.76. The number of nitrogens with zero attached hydrogens (tertiary/aromatic N) is 3. The highest BCUT2D eigenvalue weighted by molar-refractivity contribution is 5.88. The first-order valence-corrected chi connectivity index (χ1v) is 12.0. The lowest BCUT2D eigenvalue weighted by molar-refractivity contribution is 0.257. The standard InChI is InChI=1S/C32H25N3O2/c1-32(2,3)31-18-23(24(20-33)21-34)17-30(37-31)29-16-22-14-15-27(19-28(22)36-29)35(25-10-6-4-7-11-25)26-12-8-5-9-13-26/h4-19H,1-3H3. The van der Waals surface area contributed by atoms with Crippen molar-refractivity contribution >= 4 is 33.8 Å². The number of anilines is 3. The van der Waals surface area contributed by atoms with Crippen LogP contribution in [0.15, 0.2) is 118 Å². The maximum atomic E-state index is 9.45. The van der Waals surface area contributed by atoms with Crippen LogP contribution in [-0.4, -0.2) is 0 Å². The third kappa shape index (κ3) is 4.76. The molecule has 1 aliphatic rings. The fourth-order valence-corrected chi connectivity index (χ4v) is 4.17. The van der Waals surface area contributed by atoms with Crippen molar-refractivity contribution in [3.05, 3.63) is 120 Å². The minimum Gasteiger partial charge on any atom is -0.457 e. The normalized spacial score (nSPS) is 13.2. The number of rotatable bonds is 4. The molecule has 37 heavy (non-hydrogen) atoms. The summed E-state index contributed by atoms with van der Waals surface area (Å²) in [6.45, 7) is 6.05. The molecule has 0 radical (unpaired) electrons. The summed E-state index contributed by atoms with van der Waals surface area (Å²) in [5.74, 6) is 1.65. The Hall–Kier alpha value is -5.00. The molecule has 0 fully saturated rings. The van der Waals surface area contributed by atoms with Gasteiger partial charge in [-0.15, -0.1) is 0 Å². The zero-order valence-electron chi connectivity index (χ0n) is 20.9. The molecule has 3 aromatic carbocycles. The molecule has 0 amide bonds. The first-order chi connectivity index (χ1) is 17.9. The van der Waals surface area contributed by atoms with Gasteiger partial charge < -0.3 is 14.1 Å². The molecule has 1 aliphatic heterocycles. The molecule has 0 N–H and O–H groups in total. The number of ether oxygens (including phenoxy) is 1. The zero-order chi connectivity index (χ0) is 26.0. The molecule has 0 saturated carbocycles. The topological polar surface area (TPSA) is 73.2 Å². The van der Waals surface area contributed by atoms with E-state index in [-0.39, 0.29) is 11.0 Å². The largest absolute Gasteiger partial charge is 0.457 e. The van der Waals surface area contributed by atoms with Gasteiger partial charge in [-0.05, 0) is 54.6 Å². The van der Waals surface area contributed by atoms with Gasteiger partial charge in [0.2, 0.25) is 0 Å². The summed E-state index contributed by atoms with van der Waals surface area (Å²) in [6, 6.07) is 32.3. The third-order valence-corrected chi connectivity index (χ3v) is 6.08. The van der Waals surface area contributed by atoms with Crippen molar-refractivity contribution in [1.82, 2.24) is 0 Å². The van der Waals surface area contributed by atoms with Crippen LogP contribution in [0.2, 0.25) is 0 Å². The van der Waals surface area contributed by atoms with Gasteiger partial charge in [-0.2, -0.15) is 10.5 Å². The Morgan fingerprint density at radius 2 is 1.38 bits per heavy atom. The average Bonchev–Trinajstić information content (AvgIpc) is 3.34. The summed E-state index contributed by atoms with van der Waals surface area (Å²) < 4.78 is 12.5. The van der Waals surface area contributed by atoms with Gasteiger partial charge >= 0.3 is 0 Å². The monoisotopic (exact) mass is 483 g/mol. The number of hydrogen-bond donors (Lipinski definition) is 0. The summed E-state index contributed by atoms with van der Waals surface area (Å²) in [6.07, 6.45) is 3.44. The van der Waals surface area contributed by atoms with E-state index in [0.717, 1.165) is 22.4 Å². The van der Waals surface area contributed by atoms with Crippen molar-refractivity contribution in [3.8, 4) is 12.1 Å². The zero-order valence-corrected chi connectivity index (χ0v) is 20.9. The molecule has 2 heterocycles. The van der Waals surface area contributed by atoms with E-state index >= 15 is 0 Å². The Morgan fingerprint density at radius 1 is 0.757 bits per heavy atom. The number of fused-ring (bicyclic) bond motifs is 1. The van der Waals surface area contributed by atoms with Crippen LogP contribution in [0.5, 0.6) is 0 Å². The number of furan rings is 1. The van der Waals surface area contributed by atoms with Crippen molar-refractivity contribution in [3.63, 3.8) is 0 Å². The number of para-hydroxylation sites is 2. The quantitative estimate of drug-likeness (QED) is 0.272. The van der Waals surface area contributed by atoms with Crippen LogP contribution in [-0.2, 0) is 4.74 Å². The Labute approximate surface area is 216 Å². The predicted octanol–water partition coefficient (Wildman–Crippen LogP) is 8.55. The molecule has 5 heteroatoms. The minimum atomic E-state index is -0.328. The highest BCUT2D eigenvalue weighted by atomic mass is 16.5. The molecule has 0 spiro atoms. The van der Waals surface area contributed by atoms with Crippen molar-refractivity contribution in [2.24, 2.45) is 5.41 Å². The van der Waals surface area contributed by atoms with Crippen LogP contribution in [0.4, 0.5) is 17.1 Å². The molecule has 5 rings (SSSR count). The number of allylic oxidation sites excluding steroid dienone is 5. The molecule has 0 aliphatic carbocycles. The van der Waals surface area contributed by atoms with E-state index in [1.807, 2.05) is 87.5 Å². The Morgan fingerprint density at radius 3 is 1.95 bits per heavy atom. The minimum absolute atomic E-state index is 0.0299. The molecular weight excluding hydrogens is 458 g/mol. The van der Waals surface area contributed by atoms with Gasteiger partial charge in [0.25, 0.3) is 0 Å². The van der Waals surface area contributed by atoms with Gasteiger partial charge in [-0.25, -0.2) is 0 Å². The second-order valence-corrected chi connectivity index (χ2v) is 9.76. The highest BCUT2D eigenvalue weighted by Crippen LogP contribution is 2.40. The van der Waals surface area contributed by atoms with Crippen molar-refractivity contribution < 1.29 is 9.15 Å². The van der Waals surface area contributed by atoms with Crippen molar-refractivity contribution in [2.75, 3.05) is 4.90 Å². The Bertz CT molecular complexity index is 1580. The fourth-order valence-electron chi connectivity index (χ4n) is 4.17. The van der Waals surface area contributed by atoms with Crippen LogP contribution in [0, 0.1) is 28.1 Å². The third-order valence-electron chi connectivity index (χ3n) is 6.08. The van der Waals surface area contributed by atoms with Gasteiger partial charge in [0, 0.05) is 39.5 Å². The second kappa shape index (κ2) is 9.57. The van der Waals surface area contributed by atoms with Crippen molar-refractivity contribution in [2.45, 2.75) is 20.8 Å². The van der Waals surface area contributed by atoms with Crippen LogP contribution >= 0.6 is 0 Å². The maximum Gasteiger partial charge on any atom is 0.170 e. The molecule has 1 aromatic heterocycles. The van der Waals surface area contributed by atoms with E-state index in [9.17, 15) is 10.5 Å². The van der Waals surface area contributed by atoms with Gasteiger partial charge in [0.15, 0.2) is 11.5 Å². The van der Waals surface area contributed by atoms with Crippen LogP contribution in [0.25, 0.3) is 16.7 Å². The van der Waals surface area contributed by atoms with E-state index in [2.05, 4.69) is 35.2 Å². The molecular formula is C32H25N3O2. The smallest absolute Gasteiger partial charge is 0.170 e. The van der Waals surface area contributed by atoms with E-state index in [1.54, 1.807) is 12.2 Å². The molecule has 0 unspecified atom stereocenters. The number of nitriles is 2. The lowest BCUT2D eigenvalue weighted by atomic mass is 9.90. The van der Waals surface area contributed by atoms with Gasteiger partial charge in [-0.3, -0.25) is 0 Å². The molecule has 180 valence electrons. The predicted molar refractivity (Wildman–Crippen MR) is 146 cm³/mol. The first-order valence-electron chi connectivity index (χ1n) is 12.0. The van der Waals surface area contributed by atoms with Crippen LogP contribution in [0.1, 0.15) is 26.5 Å². The summed E-state index contributed by atoms with van der Waals surface area (Å²) in [5, 5.41) is 19.8. The molecule has 5 nitrogen and oxygen atoms in total. The first kappa shape index (κ1) is 23.7. The lowest BCUT2D eigenvalue weighted by Crippen LogP contribution is -2.15. The molecule has 0 saturated heterocycles. The highest BCUT2D eigenvalue weighted by Gasteiger charge is 2.27. The van der Waals surface area contributed by atoms with Crippen LogP contribution in [0.3, 0.4) is 0 Å². The van der Waals surface area contributed by atoms with Crippen LogP contribution < -0.4 is 4.90 Å². The van der Waals surface area contributed by atoms with E-state index in [0.29, 0.717) is 28.4 Å². The van der Waals surface area contributed by atoms with E-state index < -0.39 is 0 Å². The number of benzene rings is 3. The van der Waals surface area contributed by atoms with Gasteiger partial charge in [-0.1, -0.05) is 57.2 Å². The molecule has 0 bridgehead atoms. The summed E-state index contributed by atoms with van der Waals surface area (Å²) in [7, 11) is 0. The summed E-state index contributed by atoms with van der Waals surface area (Å²) in [5.41, 5.74) is 3.94. The Balaban J connectivity index is 1.60. The summed E-state index contributed by atoms with van der Waals surface area (Å²) >= 11 is 0. The maximum absolute atomic E-state index is 9.45. The fraction of sp³-hybridized carbons (Fsp3) is 0.125. The SMILES string of the molecule is CC(C)(C)C1=CC(=C(C#N)C#N)C=C(c2cc3ccc(N(c4ccccc4)c4ccccc4)cc3o2)O1. The Kier molecular flexibility index (Phi) is 6.14. The lowest BCUT2D eigenvalue weighted by Gasteiger charge is -2.26.